The Morgan fingerprint density at radius 1 is 0.968 bits per heavy atom. The minimum Gasteiger partial charge on any atom is -0.363 e. The number of aryl methyl sites for hydroxylation is 1. The van der Waals surface area contributed by atoms with Crippen LogP contribution in [0.2, 0.25) is 5.02 Å². The zero-order valence-electron chi connectivity index (χ0n) is 16.5. The minimum atomic E-state index is -4.02. The van der Waals surface area contributed by atoms with Gasteiger partial charge in [0.25, 0.3) is 10.1 Å². The van der Waals surface area contributed by atoms with Crippen LogP contribution in [-0.2, 0) is 15.8 Å². The number of aliphatic hydroxyl groups is 1. The molecule has 31 heavy (non-hydrogen) atoms. The van der Waals surface area contributed by atoms with Gasteiger partial charge in [-0.2, -0.15) is 8.42 Å². The SMILES string of the molecule is Cc1ccc(S(=O)(=O)O)cc1.OC1(c2ccc(Cl)cc2)c2ccccc2-c2nccn21. The Bertz CT molecular complexity index is 1330. The highest BCUT2D eigenvalue weighted by molar-refractivity contribution is 7.85. The fourth-order valence-corrected chi connectivity index (χ4v) is 4.17. The van der Waals surface area contributed by atoms with E-state index in [0.717, 1.165) is 28.1 Å². The standard InChI is InChI=1S/C16H11ClN2O.C7H8O3S/c17-12-7-5-11(6-8-12)16(20)14-4-2-1-3-13(14)15-18-9-10-19(15)16;1-6-2-4-7(5-3-6)11(8,9)10/h1-10,20H;2-5H,1H3,(H,8,9,10). The molecule has 2 N–H and O–H groups in total. The Labute approximate surface area is 185 Å². The molecule has 0 amide bonds. The summed E-state index contributed by atoms with van der Waals surface area (Å²) in [6.45, 7) is 1.84. The highest BCUT2D eigenvalue weighted by Gasteiger charge is 2.43. The maximum Gasteiger partial charge on any atom is 0.294 e. The summed E-state index contributed by atoms with van der Waals surface area (Å²) in [6, 6.07) is 21.0. The average Bonchev–Trinajstić information content (AvgIpc) is 3.32. The molecular formula is C23H19ClN2O4S. The maximum atomic E-state index is 11.3. The van der Waals surface area contributed by atoms with Gasteiger partial charge in [-0.25, -0.2) is 4.98 Å². The Kier molecular flexibility index (Phi) is 5.45. The molecule has 0 saturated carbocycles. The summed E-state index contributed by atoms with van der Waals surface area (Å²) in [5.74, 6) is 0.776. The normalized spacial score (nSPS) is 16.8. The van der Waals surface area contributed by atoms with Crippen LogP contribution in [0.3, 0.4) is 0 Å². The van der Waals surface area contributed by atoms with Gasteiger partial charge in [0.2, 0.25) is 0 Å². The predicted octanol–water partition coefficient (Wildman–Crippen LogP) is 4.50. The third-order valence-electron chi connectivity index (χ3n) is 5.10. The predicted molar refractivity (Wildman–Crippen MR) is 119 cm³/mol. The Morgan fingerprint density at radius 3 is 2.26 bits per heavy atom. The number of nitrogens with zero attached hydrogens (tertiary/aromatic N) is 2. The van der Waals surface area contributed by atoms with E-state index >= 15 is 0 Å². The summed E-state index contributed by atoms with van der Waals surface area (Å²) in [7, 11) is -4.02. The molecule has 1 atom stereocenters. The molecule has 158 valence electrons. The number of benzene rings is 3. The molecule has 0 radical (unpaired) electrons. The zero-order chi connectivity index (χ0) is 22.2. The highest BCUT2D eigenvalue weighted by atomic mass is 35.5. The largest absolute Gasteiger partial charge is 0.363 e. The van der Waals surface area contributed by atoms with Gasteiger partial charge in [0.1, 0.15) is 5.82 Å². The van der Waals surface area contributed by atoms with Crippen LogP contribution in [0, 0.1) is 6.92 Å². The van der Waals surface area contributed by atoms with Crippen LogP contribution in [0.15, 0.2) is 90.1 Å². The second-order valence-corrected chi connectivity index (χ2v) is 8.99. The van der Waals surface area contributed by atoms with Gasteiger partial charge in [-0.3, -0.25) is 9.12 Å². The molecule has 1 unspecified atom stereocenters. The van der Waals surface area contributed by atoms with Crippen LogP contribution in [0.4, 0.5) is 0 Å². The van der Waals surface area contributed by atoms with Crippen molar-refractivity contribution in [2.75, 3.05) is 0 Å². The third kappa shape index (κ3) is 3.88. The van der Waals surface area contributed by atoms with Crippen molar-refractivity contribution in [2.24, 2.45) is 0 Å². The summed E-state index contributed by atoms with van der Waals surface area (Å²) in [4.78, 5) is 4.29. The van der Waals surface area contributed by atoms with Gasteiger partial charge >= 0.3 is 0 Å². The van der Waals surface area contributed by atoms with E-state index in [-0.39, 0.29) is 4.90 Å². The van der Waals surface area contributed by atoms with Gasteiger partial charge in [0.05, 0.1) is 4.90 Å². The number of hydrogen-bond donors (Lipinski definition) is 2. The van der Waals surface area contributed by atoms with Crippen LogP contribution < -0.4 is 0 Å². The lowest BCUT2D eigenvalue weighted by Gasteiger charge is -2.27. The van der Waals surface area contributed by atoms with E-state index in [1.54, 1.807) is 41.2 Å². The van der Waals surface area contributed by atoms with Crippen LogP contribution in [0.1, 0.15) is 16.7 Å². The van der Waals surface area contributed by atoms with E-state index in [4.69, 9.17) is 16.2 Å². The molecule has 1 aromatic heterocycles. The van der Waals surface area contributed by atoms with Crippen molar-refractivity contribution < 1.29 is 18.1 Å². The lowest BCUT2D eigenvalue weighted by atomic mass is 9.94. The van der Waals surface area contributed by atoms with Gasteiger partial charge in [-0.15, -0.1) is 0 Å². The van der Waals surface area contributed by atoms with Gasteiger partial charge in [-0.1, -0.05) is 65.7 Å². The van der Waals surface area contributed by atoms with E-state index in [1.165, 1.54) is 12.1 Å². The molecule has 1 aliphatic rings. The van der Waals surface area contributed by atoms with E-state index < -0.39 is 15.8 Å². The van der Waals surface area contributed by atoms with Gasteiger partial charge in [0.15, 0.2) is 5.72 Å². The summed E-state index contributed by atoms with van der Waals surface area (Å²) in [5.41, 5.74) is 2.29. The van der Waals surface area contributed by atoms with Crippen LogP contribution >= 0.6 is 11.6 Å². The Balaban J connectivity index is 0.000000180. The molecule has 4 aromatic rings. The highest BCUT2D eigenvalue weighted by Crippen LogP contribution is 2.44. The maximum absolute atomic E-state index is 11.3. The minimum absolute atomic E-state index is 0.0666. The molecule has 8 heteroatoms. The monoisotopic (exact) mass is 454 g/mol. The lowest BCUT2D eigenvalue weighted by molar-refractivity contribution is 0.0572. The first-order valence-electron chi connectivity index (χ1n) is 9.37. The summed E-state index contributed by atoms with van der Waals surface area (Å²) in [6.07, 6.45) is 3.50. The molecule has 5 rings (SSSR count). The van der Waals surface area contributed by atoms with Gasteiger partial charge in [-0.05, 0) is 31.2 Å². The second-order valence-electron chi connectivity index (χ2n) is 7.13. The fraction of sp³-hybridized carbons (Fsp3) is 0.0870. The number of fused-ring (bicyclic) bond motifs is 3. The quantitative estimate of drug-likeness (QED) is 0.435. The van der Waals surface area contributed by atoms with E-state index in [9.17, 15) is 13.5 Å². The van der Waals surface area contributed by atoms with Gasteiger partial charge in [0, 0.05) is 34.1 Å². The molecule has 0 spiro atoms. The van der Waals surface area contributed by atoms with E-state index in [0.29, 0.717) is 5.02 Å². The number of hydrogen-bond acceptors (Lipinski definition) is 4. The van der Waals surface area contributed by atoms with Crippen LogP contribution in [0.5, 0.6) is 0 Å². The molecule has 3 aromatic carbocycles. The smallest absolute Gasteiger partial charge is 0.294 e. The van der Waals surface area contributed by atoms with Crippen molar-refractivity contribution in [3.05, 3.63) is 107 Å². The van der Waals surface area contributed by atoms with Crippen molar-refractivity contribution in [3.8, 4) is 11.4 Å². The van der Waals surface area contributed by atoms with E-state index in [2.05, 4.69) is 4.98 Å². The fourth-order valence-electron chi connectivity index (χ4n) is 3.56. The average molecular weight is 455 g/mol. The van der Waals surface area contributed by atoms with Crippen molar-refractivity contribution in [3.63, 3.8) is 0 Å². The molecule has 6 nitrogen and oxygen atoms in total. The summed E-state index contributed by atoms with van der Waals surface area (Å²) < 4.78 is 31.3. The van der Waals surface area contributed by atoms with Crippen LogP contribution in [0.25, 0.3) is 11.4 Å². The number of aromatic nitrogens is 2. The molecule has 0 bridgehead atoms. The molecule has 2 heterocycles. The first-order valence-corrected chi connectivity index (χ1v) is 11.2. The lowest BCUT2D eigenvalue weighted by Crippen LogP contribution is -2.32. The molecule has 0 fully saturated rings. The van der Waals surface area contributed by atoms with E-state index in [1.807, 2.05) is 43.3 Å². The first kappa shape index (κ1) is 21.3. The Morgan fingerprint density at radius 2 is 1.61 bits per heavy atom. The molecule has 1 aliphatic heterocycles. The van der Waals surface area contributed by atoms with Crippen molar-refractivity contribution in [1.82, 2.24) is 9.55 Å². The molecular weight excluding hydrogens is 436 g/mol. The first-order chi connectivity index (χ1) is 14.7. The topological polar surface area (TPSA) is 92.4 Å². The van der Waals surface area contributed by atoms with Gasteiger partial charge < -0.3 is 5.11 Å². The Hall–Kier alpha value is -2.97. The second kappa shape index (κ2) is 7.94. The zero-order valence-corrected chi connectivity index (χ0v) is 18.0. The van der Waals surface area contributed by atoms with Crippen molar-refractivity contribution in [2.45, 2.75) is 17.5 Å². The third-order valence-corrected chi connectivity index (χ3v) is 6.22. The summed E-state index contributed by atoms with van der Waals surface area (Å²) in [5, 5.41) is 12.0. The number of imidazole rings is 1. The molecule has 0 aliphatic carbocycles. The number of halogens is 1. The van der Waals surface area contributed by atoms with Crippen molar-refractivity contribution in [1.29, 1.82) is 0 Å². The number of rotatable bonds is 2. The van der Waals surface area contributed by atoms with Crippen molar-refractivity contribution >= 4 is 21.7 Å². The summed E-state index contributed by atoms with van der Waals surface area (Å²) >= 11 is 5.94. The van der Waals surface area contributed by atoms with Crippen LogP contribution in [-0.4, -0.2) is 27.6 Å². The molecule has 0 saturated heterocycles.